The van der Waals surface area contributed by atoms with E-state index in [0.717, 1.165) is 17.2 Å². The highest BCUT2D eigenvalue weighted by atomic mass is 15.2. The van der Waals surface area contributed by atoms with Crippen molar-refractivity contribution < 1.29 is 0 Å². The predicted octanol–water partition coefficient (Wildman–Crippen LogP) is 4.36. The number of aryl methyl sites for hydroxylation is 3. The highest BCUT2D eigenvalue weighted by Gasteiger charge is 2.13. The van der Waals surface area contributed by atoms with Gasteiger partial charge in [0.05, 0.1) is 0 Å². The zero-order chi connectivity index (χ0) is 15.6. The lowest BCUT2D eigenvalue weighted by atomic mass is 10.1. The van der Waals surface area contributed by atoms with Crippen molar-refractivity contribution in [3.05, 3.63) is 41.1 Å². The predicted molar refractivity (Wildman–Crippen MR) is 89.3 cm³/mol. The smallest absolute Gasteiger partial charge is 0.225 e. The lowest BCUT2D eigenvalue weighted by Gasteiger charge is -2.21. The maximum Gasteiger partial charge on any atom is 0.225 e. The molecule has 0 atom stereocenters. The Bertz CT molecular complexity index is 621. The maximum atomic E-state index is 4.56. The summed E-state index contributed by atoms with van der Waals surface area (Å²) in [7, 11) is 0. The fraction of sp³-hybridized carbons (Fsp3) is 0.412. The van der Waals surface area contributed by atoms with E-state index in [2.05, 4.69) is 73.4 Å². The van der Waals surface area contributed by atoms with Gasteiger partial charge in [0.1, 0.15) is 5.82 Å². The summed E-state index contributed by atoms with van der Waals surface area (Å²) in [6.45, 7) is 12.5. The number of aromatic nitrogens is 2. The molecule has 1 aromatic heterocycles. The van der Waals surface area contributed by atoms with Crippen molar-refractivity contribution in [3.8, 4) is 0 Å². The normalized spacial score (nSPS) is 11.3. The first-order valence-electron chi connectivity index (χ1n) is 7.22. The van der Waals surface area contributed by atoms with Crippen molar-refractivity contribution in [1.82, 2.24) is 9.97 Å². The lowest BCUT2D eigenvalue weighted by Crippen LogP contribution is -2.27. The van der Waals surface area contributed by atoms with Crippen molar-refractivity contribution in [1.29, 1.82) is 0 Å². The molecule has 1 aromatic carbocycles. The SMILES string of the molecule is Cc1cc(Nc2c(C)cccc2C)nc(NC(C)(C)C)n1. The summed E-state index contributed by atoms with van der Waals surface area (Å²) in [5, 5.41) is 6.73. The third kappa shape index (κ3) is 4.18. The number of nitrogens with one attached hydrogen (secondary N) is 2. The quantitative estimate of drug-likeness (QED) is 0.879. The summed E-state index contributed by atoms with van der Waals surface area (Å²) in [4.78, 5) is 9.01. The van der Waals surface area contributed by atoms with E-state index in [0.29, 0.717) is 5.95 Å². The molecule has 0 unspecified atom stereocenters. The highest BCUT2D eigenvalue weighted by Crippen LogP contribution is 2.24. The number of rotatable bonds is 3. The first-order valence-corrected chi connectivity index (χ1v) is 7.22. The van der Waals surface area contributed by atoms with Gasteiger partial charge in [-0.25, -0.2) is 4.98 Å². The molecular formula is C17H24N4. The molecule has 0 radical (unpaired) electrons. The molecule has 0 aliphatic carbocycles. The number of hydrogen-bond acceptors (Lipinski definition) is 4. The van der Waals surface area contributed by atoms with Gasteiger partial charge in [0.25, 0.3) is 0 Å². The van der Waals surface area contributed by atoms with Crippen LogP contribution >= 0.6 is 0 Å². The summed E-state index contributed by atoms with van der Waals surface area (Å²) in [6, 6.07) is 8.21. The Morgan fingerprint density at radius 1 is 0.952 bits per heavy atom. The largest absolute Gasteiger partial charge is 0.350 e. The van der Waals surface area contributed by atoms with Crippen LogP contribution in [0.25, 0.3) is 0 Å². The van der Waals surface area contributed by atoms with E-state index in [1.165, 1.54) is 11.1 Å². The lowest BCUT2D eigenvalue weighted by molar-refractivity contribution is 0.625. The van der Waals surface area contributed by atoms with Gasteiger partial charge in [-0.1, -0.05) is 18.2 Å². The van der Waals surface area contributed by atoms with E-state index in [-0.39, 0.29) is 5.54 Å². The second-order valence-corrected chi connectivity index (χ2v) is 6.48. The Labute approximate surface area is 127 Å². The van der Waals surface area contributed by atoms with Gasteiger partial charge in [-0.2, -0.15) is 4.98 Å². The van der Waals surface area contributed by atoms with E-state index in [9.17, 15) is 0 Å². The molecule has 0 bridgehead atoms. The van der Waals surface area contributed by atoms with Crippen LogP contribution in [0.1, 0.15) is 37.6 Å². The van der Waals surface area contributed by atoms with Gasteiger partial charge in [0, 0.05) is 23.0 Å². The standard InChI is InChI=1S/C17H24N4/c1-11-8-7-9-12(2)15(11)19-14-10-13(3)18-16(20-14)21-17(4,5)6/h7-10H,1-6H3,(H2,18,19,20,21). The van der Waals surface area contributed by atoms with Crippen molar-refractivity contribution >= 4 is 17.5 Å². The van der Waals surface area contributed by atoms with Crippen LogP contribution in [0, 0.1) is 20.8 Å². The van der Waals surface area contributed by atoms with Crippen LogP contribution in [0.5, 0.6) is 0 Å². The molecule has 4 heteroatoms. The van der Waals surface area contributed by atoms with Crippen LogP contribution in [0.15, 0.2) is 24.3 Å². The summed E-state index contributed by atoms with van der Waals surface area (Å²) in [5.41, 5.74) is 4.39. The van der Waals surface area contributed by atoms with Gasteiger partial charge in [0.2, 0.25) is 5.95 Å². The number of benzene rings is 1. The maximum absolute atomic E-state index is 4.56. The Hall–Kier alpha value is -2.10. The topological polar surface area (TPSA) is 49.8 Å². The molecular weight excluding hydrogens is 260 g/mol. The van der Waals surface area contributed by atoms with Gasteiger partial charge in [-0.15, -0.1) is 0 Å². The molecule has 4 nitrogen and oxygen atoms in total. The molecule has 0 spiro atoms. The van der Waals surface area contributed by atoms with Crippen LogP contribution in [-0.2, 0) is 0 Å². The molecule has 1 heterocycles. The number of nitrogens with zero attached hydrogens (tertiary/aromatic N) is 2. The van der Waals surface area contributed by atoms with E-state index in [1.807, 2.05) is 13.0 Å². The van der Waals surface area contributed by atoms with E-state index < -0.39 is 0 Å². The Morgan fingerprint density at radius 2 is 1.57 bits per heavy atom. The fourth-order valence-electron chi connectivity index (χ4n) is 2.16. The molecule has 0 saturated heterocycles. The molecule has 0 amide bonds. The summed E-state index contributed by atoms with van der Waals surface area (Å²) >= 11 is 0. The van der Waals surface area contributed by atoms with E-state index in [1.54, 1.807) is 0 Å². The van der Waals surface area contributed by atoms with Crippen LogP contribution in [0.3, 0.4) is 0 Å². The summed E-state index contributed by atoms with van der Waals surface area (Å²) in [6.07, 6.45) is 0. The van der Waals surface area contributed by atoms with Gasteiger partial charge in [0.15, 0.2) is 0 Å². The molecule has 2 rings (SSSR count). The monoisotopic (exact) mass is 284 g/mol. The average molecular weight is 284 g/mol. The van der Waals surface area contributed by atoms with Gasteiger partial charge >= 0.3 is 0 Å². The minimum absolute atomic E-state index is 0.0658. The molecule has 2 N–H and O–H groups in total. The molecule has 21 heavy (non-hydrogen) atoms. The van der Waals surface area contributed by atoms with Crippen LogP contribution in [-0.4, -0.2) is 15.5 Å². The first-order chi connectivity index (χ1) is 9.74. The van der Waals surface area contributed by atoms with Crippen LogP contribution < -0.4 is 10.6 Å². The fourth-order valence-corrected chi connectivity index (χ4v) is 2.16. The highest BCUT2D eigenvalue weighted by molar-refractivity contribution is 5.65. The zero-order valence-corrected chi connectivity index (χ0v) is 13.7. The minimum atomic E-state index is -0.0658. The number of hydrogen-bond donors (Lipinski definition) is 2. The molecule has 0 aliphatic heterocycles. The molecule has 112 valence electrons. The Balaban J connectivity index is 2.32. The third-order valence-corrected chi connectivity index (χ3v) is 3.08. The van der Waals surface area contributed by atoms with Gasteiger partial charge in [-0.3, -0.25) is 0 Å². The molecule has 2 aromatic rings. The summed E-state index contributed by atoms with van der Waals surface area (Å²) in [5.74, 6) is 1.46. The number of para-hydroxylation sites is 1. The van der Waals surface area contributed by atoms with Crippen molar-refractivity contribution in [2.24, 2.45) is 0 Å². The molecule has 0 aliphatic rings. The minimum Gasteiger partial charge on any atom is -0.350 e. The first kappa shape index (κ1) is 15.3. The van der Waals surface area contributed by atoms with Crippen molar-refractivity contribution in [3.63, 3.8) is 0 Å². The Kier molecular flexibility index (Phi) is 4.16. The average Bonchev–Trinajstić information content (AvgIpc) is 2.31. The zero-order valence-electron chi connectivity index (χ0n) is 13.7. The Morgan fingerprint density at radius 3 is 2.14 bits per heavy atom. The van der Waals surface area contributed by atoms with Crippen molar-refractivity contribution in [2.75, 3.05) is 10.6 Å². The second-order valence-electron chi connectivity index (χ2n) is 6.48. The van der Waals surface area contributed by atoms with Crippen LogP contribution in [0.2, 0.25) is 0 Å². The van der Waals surface area contributed by atoms with Crippen LogP contribution in [0.4, 0.5) is 17.5 Å². The third-order valence-electron chi connectivity index (χ3n) is 3.08. The van der Waals surface area contributed by atoms with E-state index >= 15 is 0 Å². The van der Waals surface area contributed by atoms with Gasteiger partial charge < -0.3 is 10.6 Å². The van der Waals surface area contributed by atoms with Crippen molar-refractivity contribution in [2.45, 2.75) is 47.1 Å². The summed E-state index contributed by atoms with van der Waals surface area (Å²) < 4.78 is 0. The molecule has 0 fully saturated rings. The molecule has 0 saturated carbocycles. The number of anilines is 3. The van der Waals surface area contributed by atoms with E-state index in [4.69, 9.17) is 0 Å². The van der Waals surface area contributed by atoms with Gasteiger partial charge in [-0.05, 0) is 52.7 Å². The second kappa shape index (κ2) is 5.72.